The van der Waals surface area contributed by atoms with E-state index in [1.54, 1.807) is 0 Å². The van der Waals surface area contributed by atoms with Crippen LogP contribution in [0.2, 0.25) is 19.6 Å². The van der Waals surface area contributed by atoms with Gasteiger partial charge in [0, 0.05) is 22.9 Å². The van der Waals surface area contributed by atoms with Crippen LogP contribution in [-0.4, -0.2) is 26.8 Å². The predicted octanol–water partition coefficient (Wildman–Crippen LogP) is 4.56. The number of alkyl halides is 1. The fourth-order valence-electron chi connectivity index (χ4n) is 1.81. The molecule has 0 aromatic heterocycles. The minimum atomic E-state index is -1.53. The molecule has 0 saturated heterocycles. The lowest BCUT2D eigenvalue weighted by Gasteiger charge is -2.26. The third-order valence-corrected chi connectivity index (χ3v) is 4.63. The molecular weight excluding hydrogens is 342 g/mol. The summed E-state index contributed by atoms with van der Waals surface area (Å²) >= 11 is 9.42. The third-order valence-electron chi connectivity index (χ3n) is 2.71. The lowest BCUT2D eigenvalue weighted by atomic mass is 10.1. The van der Waals surface area contributed by atoms with Gasteiger partial charge in [-0.15, -0.1) is 11.6 Å². The van der Waals surface area contributed by atoms with Crippen LogP contribution < -0.4 is 5.32 Å². The Morgan fingerprint density at radius 1 is 1.26 bits per heavy atom. The van der Waals surface area contributed by atoms with Crippen molar-refractivity contribution in [3.8, 4) is 0 Å². The Morgan fingerprint density at radius 3 is 2.32 bits per heavy atom. The highest BCUT2D eigenvalue weighted by atomic mass is 79.9. The molecule has 0 fully saturated rings. The van der Waals surface area contributed by atoms with Gasteiger partial charge in [-0.1, -0.05) is 28.1 Å². The number of halogens is 2. The molecule has 0 radical (unpaired) electrons. The zero-order valence-corrected chi connectivity index (χ0v) is 15.4. The summed E-state index contributed by atoms with van der Waals surface area (Å²) in [5.41, 5.74) is 1.27. The summed E-state index contributed by atoms with van der Waals surface area (Å²) in [7, 11) is -1.53. The first-order chi connectivity index (χ1) is 8.81. The monoisotopic (exact) mass is 363 g/mol. The van der Waals surface area contributed by atoms with E-state index in [1.165, 1.54) is 5.56 Å². The predicted molar refractivity (Wildman–Crippen MR) is 89.5 cm³/mol. The highest BCUT2D eigenvalue weighted by molar-refractivity contribution is 9.10. The smallest absolute Gasteiger partial charge is 0.184 e. The van der Waals surface area contributed by atoms with Crippen molar-refractivity contribution in [3.05, 3.63) is 34.3 Å². The van der Waals surface area contributed by atoms with Crippen LogP contribution in [0.25, 0.3) is 0 Å². The van der Waals surface area contributed by atoms with E-state index < -0.39 is 8.32 Å². The van der Waals surface area contributed by atoms with Gasteiger partial charge >= 0.3 is 0 Å². The fraction of sp³-hybridized carbons (Fsp3) is 0.571. The first kappa shape index (κ1) is 17.2. The van der Waals surface area contributed by atoms with Crippen molar-refractivity contribution in [3.63, 3.8) is 0 Å². The Morgan fingerprint density at radius 2 is 1.84 bits per heavy atom. The van der Waals surface area contributed by atoms with Gasteiger partial charge in [-0.25, -0.2) is 0 Å². The molecule has 2 nitrogen and oxygen atoms in total. The molecule has 0 aliphatic carbocycles. The first-order valence-electron chi connectivity index (χ1n) is 6.54. The summed E-state index contributed by atoms with van der Waals surface area (Å²) in [6.45, 7) is 9.49. The van der Waals surface area contributed by atoms with E-state index in [-0.39, 0.29) is 6.10 Å². The van der Waals surface area contributed by atoms with Gasteiger partial charge < -0.3 is 9.74 Å². The second-order valence-electron chi connectivity index (χ2n) is 5.69. The van der Waals surface area contributed by atoms with E-state index in [4.69, 9.17) is 16.0 Å². The maximum Gasteiger partial charge on any atom is 0.184 e. The molecule has 0 bridgehead atoms. The minimum absolute atomic E-state index is 0.0891. The summed E-state index contributed by atoms with van der Waals surface area (Å²) < 4.78 is 7.13. The largest absolute Gasteiger partial charge is 0.412 e. The molecule has 0 spiro atoms. The lowest BCUT2D eigenvalue weighted by Crippen LogP contribution is -2.39. The standard InChI is InChI=1S/C14H23BrClNOSi/c1-11(12-5-7-13(15)8-6-12)17-10-14(9-16)18-19(2,3)4/h5-8,11,14,17H,9-10H2,1-4H3. The van der Waals surface area contributed by atoms with E-state index in [0.717, 1.165) is 11.0 Å². The van der Waals surface area contributed by atoms with Gasteiger partial charge in [-0.05, 0) is 44.3 Å². The highest BCUT2D eigenvalue weighted by Gasteiger charge is 2.20. The maximum absolute atomic E-state index is 6.03. The van der Waals surface area contributed by atoms with Crippen molar-refractivity contribution < 1.29 is 4.43 Å². The number of hydrogen-bond donors (Lipinski definition) is 1. The van der Waals surface area contributed by atoms with Crippen molar-refractivity contribution in [1.29, 1.82) is 0 Å². The summed E-state index contributed by atoms with van der Waals surface area (Å²) in [6.07, 6.45) is 0.0891. The summed E-state index contributed by atoms with van der Waals surface area (Å²) in [6, 6.07) is 8.66. The number of hydrogen-bond acceptors (Lipinski definition) is 2. The molecule has 1 aromatic carbocycles. The van der Waals surface area contributed by atoms with Gasteiger partial charge in [-0.2, -0.15) is 0 Å². The highest BCUT2D eigenvalue weighted by Crippen LogP contribution is 2.17. The van der Waals surface area contributed by atoms with Crippen molar-refractivity contribution >= 4 is 35.8 Å². The summed E-state index contributed by atoms with van der Waals surface area (Å²) in [5, 5.41) is 3.49. The molecule has 0 saturated carbocycles. The summed E-state index contributed by atoms with van der Waals surface area (Å²) in [5.74, 6) is 0.532. The Labute approximate surface area is 131 Å². The molecule has 19 heavy (non-hydrogen) atoms. The number of rotatable bonds is 7. The average Bonchev–Trinajstić information content (AvgIpc) is 2.33. The van der Waals surface area contributed by atoms with Gasteiger partial charge in [0.2, 0.25) is 0 Å². The van der Waals surface area contributed by atoms with Crippen LogP contribution in [0.4, 0.5) is 0 Å². The van der Waals surface area contributed by atoms with Gasteiger partial charge in [0.25, 0.3) is 0 Å². The quantitative estimate of drug-likeness (QED) is 0.565. The number of nitrogens with one attached hydrogen (secondary N) is 1. The molecule has 0 aliphatic heterocycles. The van der Waals surface area contributed by atoms with E-state index in [9.17, 15) is 0 Å². The van der Waals surface area contributed by atoms with Crippen LogP contribution in [-0.2, 0) is 4.43 Å². The molecule has 0 aliphatic rings. The fourth-order valence-corrected chi connectivity index (χ4v) is 3.51. The Kier molecular flexibility index (Phi) is 7.04. The van der Waals surface area contributed by atoms with Crippen molar-refractivity contribution in [2.24, 2.45) is 0 Å². The Hall–Kier alpha value is 0.127. The van der Waals surface area contributed by atoms with Crippen LogP contribution in [0.5, 0.6) is 0 Å². The molecule has 1 rings (SSSR count). The number of benzene rings is 1. The third kappa shape index (κ3) is 6.91. The van der Waals surface area contributed by atoms with Crippen LogP contribution in [0.3, 0.4) is 0 Å². The molecule has 1 N–H and O–H groups in total. The molecule has 5 heteroatoms. The molecule has 2 unspecified atom stereocenters. The van der Waals surface area contributed by atoms with E-state index >= 15 is 0 Å². The SMILES string of the molecule is CC(NCC(CCl)O[Si](C)(C)C)c1ccc(Br)cc1. The van der Waals surface area contributed by atoms with Gasteiger partial charge in [0.05, 0.1) is 6.10 Å². The molecule has 0 amide bonds. The van der Waals surface area contributed by atoms with Gasteiger partial charge in [-0.3, -0.25) is 0 Å². The van der Waals surface area contributed by atoms with E-state index in [2.05, 4.69) is 72.1 Å². The van der Waals surface area contributed by atoms with Crippen molar-refractivity contribution in [1.82, 2.24) is 5.32 Å². The zero-order chi connectivity index (χ0) is 14.5. The second-order valence-corrected chi connectivity index (χ2v) is 11.4. The van der Waals surface area contributed by atoms with Crippen molar-refractivity contribution in [2.75, 3.05) is 12.4 Å². The zero-order valence-electron chi connectivity index (χ0n) is 12.0. The van der Waals surface area contributed by atoms with Crippen LogP contribution in [0.1, 0.15) is 18.5 Å². The molecular formula is C14H23BrClNOSi. The molecule has 0 heterocycles. The van der Waals surface area contributed by atoms with Crippen LogP contribution in [0, 0.1) is 0 Å². The minimum Gasteiger partial charge on any atom is -0.412 e. The van der Waals surface area contributed by atoms with Crippen LogP contribution in [0.15, 0.2) is 28.7 Å². The molecule has 1 aromatic rings. The van der Waals surface area contributed by atoms with Crippen LogP contribution >= 0.6 is 27.5 Å². The lowest BCUT2D eigenvalue weighted by molar-refractivity contribution is 0.208. The normalized spacial score (nSPS) is 15.3. The van der Waals surface area contributed by atoms with Crippen molar-refractivity contribution in [2.45, 2.75) is 38.7 Å². The summed E-state index contributed by atoms with van der Waals surface area (Å²) in [4.78, 5) is 0. The molecule has 108 valence electrons. The van der Waals surface area contributed by atoms with Gasteiger partial charge in [0.15, 0.2) is 8.32 Å². The molecule has 2 atom stereocenters. The topological polar surface area (TPSA) is 21.3 Å². The Balaban J connectivity index is 2.48. The van der Waals surface area contributed by atoms with E-state index in [0.29, 0.717) is 11.9 Å². The first-order valence-corrected chi connectivity index (χ1v) is 11.3. The Bertz CT molecular complexity index is 380. The van der Waals surface area contributed by atoms with Gasteiger partial charge in [0.1, 0.15) is 0 Å². The average molecular weight is 365 g/mol. The second kappa shape index (κ2) is 7.79. The van der Waals surface area contributed by atoms with E-state index in [1.807, 2.05) is 0 Å². The maximum atomic E-state index is 6.03.